The van der Waals surface area contributed by atoms with Gasteiger partial charge in [-0.2, -0.15) is 0 Å². The van der Waals surface area contributed by atoms with Crippen LogP contribution in [0.4, 0.5) is 0 Å². The molecule has 84 heavy (non-hydrogen) atoms. The SMILES string of the molecule is ON=Cc1ccccc1O.ON=Cc1ccccc1O.ON=Cc1ccccc1O.ON=Cc1ccccc1O.ON=Cc1ccccc1O.ON=Cc1ccccc1O.ON=Cc1ccccc1O.ON=Cc1ccccc1O.[Fe].[Fe].[Fe].[Fe]. The first-order chi connectivity index (χ1) is 38.7. The van der Waals surface area contributed by atoms with E-state index in [9.17, 15) is 0 Å². The van der Waals surface area contributed by atoms with Crippen LogP contribution in [0.15, 0.2) is 235 Å². The summed E-state index contributed by atoms with van der Waals surface area (Å²) in [6.07, 6.45) is 9.41. The molecule has 8 aromatic rings. The van der Waals surface area contributed by atoms with Gasteiger partial charge in [-0.15, -0.1) is 0 Å². The average Bonchev–Trinajstić information content (AvgIpc) is 3.46. The predicted octanol–water partition coefficient (Wildman–Crippen LogP) is 9.59. The Hall–Kier alpha value is -10.0. The first kappa shape index (κ1) is 80.5. The van der Waals surface area contributed by atoms with Gasteiger partial charge in [-0.3, -0.25) is 0 Å². The first-order valence-corrected chi connectivity index (χ1v) is 22.4. The molecule has 0 aliphatic rings. The third-order valence-electron chi connectivity index (χ3n) is 9.07. The van der Waals surface area contributed by atoms with Gasteiger partial charge in [0.2, 0.25) is 0 Å². The molecule has 0 saturated carbocycles. The van der Waals surface area contributed by atoms with E-state index in [0.29, 0.717) is 44.5 Å². The molecule has 0 radical (unpaired) electrons. The molecule has 0 fully saturated rings. The summed E-state index contributed by atoms with van der Waals surface area (Å²) in [5.74, 6) is 0.891. The van der Waals surface area contributed by atoms with Crippen molar-refractivity contribution in [3.63, 3.8) is 0 Å². The second-order valence-corrected chi connectivity index (χ2v) is 14.4. The molecular weight excluding hydrogens is 1260 g/mol. The van der Waals surface area contributed by atoms with Gasteiger partial charge in [-0.05, 0) is 97.1 Å². The fourth-order valence-electron chi connectivity index (χ4n) is 5.27. The number of phenols is 8. The summed E-state index contributed by atoms with van der Waals surface area (Å²) in [5, 5.41) is 159. The van der Waals surface area contributed by atoms with Crippen molar-refractivity contribution in [1.82, 2.24) is 0 Å². The molecule has 8 rings (SSSR count). The second kappa shape index (κ2) is 51.2. The van der Waals surface area contributed by atoms with Gasteiger partial charge >= 0.3 is 0 Å². The van der Waals surface area contributed by atoms with Gasteiger partial charge in [-0.1, -0.05) is 138 Å². The quantitative estimate of drug-likeness (QED) is 0.0291. The maximum Gasteiger partial charge on any atom is 0.124 e. The van der Waals surface area contributed by atoms with Crippen LogP contribution >= 0.6 is 0 Å². The molecule has 0 bridgehead atoms. The Kier molecular flexibility index (Phi) is 49.0. The molecule has 0 amide bonds. The number of hydrogen-bond donors (Lipinski definition) is 16. The van der Waals surface area contributed by atoms with E-state index in [-0.39, 0.29) is 114 Å². The van der Waals surface area contributed by atoms with E-state index >= 15 is 0 Å². The Labute approximate surface area is 523 Å². The zero-order valence-electron chi connectivity index (χ0n) is 43.2. The average molecular weight is 1320 g/mol. The Bertz CT molecular complexity index is 2630. The first-order valence-electron chi connectivity index (χ1n) is 22.4. The van der Waals surface area contributed by atoms with Crippen molar-refractivity contribution in [1.29, 1.82) is 0 Å². The predicted molar refractivity (Wildman–Crippen MR) is 300 cm³/mol. The summed E-state index contributed by atoms with van der Waals surface area (Å²) in [7, 11) is 0. The number of oxime groups is 8. The van der Waals surface area contributed by atoms with Crippen molar-refractivity contribution >= 4 is 49.7 Å². The van der Waals surface area contributed by atoms with E-state index in [1.54, 1.807) is 146 Å². The molecule has 0 saturated heterocycles. The summed E-state index contributed by atoms with van der Waals surface area (Å²) in [4.78, 5) is 0. The van der Waals surface area contributed by atoms with Gasteiger partial charge < -0.3 is 82.5 Å². The molecule has 448 valence electrons. The third-order valence-corrected chi connectivity index (χ3v) is 9.07. The van der Waals surface area contributed by atoms with Crippen molar-refractivity contribution in [2.45, 2.75) is 0 Å². The number of rotatable bonds is 8. The Morgan fingerprint density at radius 3 is 0.321 bits per heavy atom. The van der Waals surface area contributed by atoms with E-state index in [1.807, 2.05) is 0 Å². The van der Waals surface area contributed by atoms with E-state index in [0.717, 1.165) is 0 Å². The zero-order valence-corrected chi connectivity index (χ0v) is 47.7. The largest absolute Gasteiger partial charge is 0.507 e. The van der Waals surface area contributed by atoms with Crippen LogP contribution in [0.5, 0.6) is 46.0 Å². The monoisotopic (exact) mass is 1320 g/mol. The van der Waals surface area contributed by atoms with Crippen molar-refractivity contribution in [2.24, 2.45) is 41.2 Å². The number of hydrogen-bond acceptors (Lipinski definition) is 24. The summed E-state index contributed by atoms with van der Waals surface area (Å²) in [5.41, 5.74) is 4.04. The maximum atomic E-state index is 9.04. The van der Waals surface area contributed by atoms with Crippen LogP contribution < -0.4 is 0 Å². The van der Waals surface area contributed by atoms with Gasteiger partial charge in [0.1, 0.15) is 46.0 Å². The van der Waals surface area contributed by atoms with Crippen molar-refractivity contribution in [3.05, 3.63) is 239 Å². The second-order valence-electron chi connectivity index (χ2n) is 14.4. The van der Waals surface area contributed by atoms with E-state index < -0.39 is 0 Å². The van der Waals surface area contributed by atoms with E-state index in [4.69, 9.17) is 82.5 Å². The molecule has 8 aromatic carbocycles. The normalized spacial score (nSPS) is 9.90. The fraction of sp³-hybridized carbons (Fsp3) is 0. The van der Waals surface area contributed by atoms with Gasteiger partial charge in [-0.25, -0.2) is 0 Å². The number of benzene rings is 8. The standard InChI is InChI=1S/8C7H7NO2.4Fe/c8*9-7-4-2-1-3-6(7)5-8-10;;;;/h8*1-5,9-10H;;;;. The molecule has 0 spiro atoms. The zero-order chi connectivity index (χ0) is 59.2. The van der Waals surface area contributed by atoms with E-state index in [2.05, 4.69) is 41.2 Å². The molecule has 0 aliphatic heterocycles. The summed E-state index contributed by atoms with van der Waals surface area (Å²) < 4.78 is 0. The van der Waals surface area contributed by atoms with Gasteiger partial charge in [0.25, 0.3) is 0 Å². The van der Waals surface area contributed by atoms with Gasteiger partial charge in [0.05, 0.1) is 49.7 Å². The van der Waals surface area contributed by atoms with Crippen LogP contribution in [0.3, 0.4) is 0 Å². The molecule has 24 nitrogen and oxygen atoms in total. The molecule has 16 N–H and O–H groups in total. The number of nitrogens with zero attached hydrogens (tertiary/aromatic N) is 8. The minimum Gasteiger partial charge on any atom is -0.507 e. The molecule has 0 aliphatic carbocycles. The van der Waals surface area contributed by atoms with Crippen molar-refractivity contribution in [2.75, 3.05) is 0 Å². The Morgan fingerprint density at radius 1 is 0.167 bits per heavy atom. The van der Waals surface area contributed by atoms with Crippen LogP contribution in [0.2, 0.25) is 0 Å². The molecular formula is C56H56Fe4N8O16. The van der Waals surface area contributed by atoms with Crippen molar-refractivity contribution < 1.29 is 151 Å². The minimum absolute atomic E-state index is 0. The summed E-state index contributed by atoms with van der Waals surface area (Å²) >= 11 is 0. The molecule has 0 unspecified atom stereocenters. The third kappa shape index (κ3) is 34.9. The fourth-order valence-corrected chi connectivity index (χ4v) is 5.27. The van der Waals surface area contributed by atoms with Crippen LogP contribution in [-0.2, 0) is 68.3 Å². The Balaban J connectivity index is -0.000000432. The van der Waals surface area contributed by atoms with E-state index in [1.165, 1.54) is 98.2 Å². The molecule has 0 heterocycles. The molecule has 0 aromatic heterocycles. The number of para-hydroxylation sites is 8. The van der Waals surface area contributed by atoms with Crippen LogP contribution in [0, 0.1) is 0 Å². The van der Waals surface area contributed by atoms with Crippen molar-refractivity contribution in [3.8, 4) is 46.0 Å². The van der Waals surface area contributed by atoms with Gasteiger partial charge in [0.15, 0.2) is 0 Å². The maximum absolute atomic E-state index is 9.04. The Morgan fingerprint density at radius 2 is 0.250 bits per heavy atom. The van der Waals surface area contributed by atoms with Crippen LogP contribution in [0.1, 0.15) is 44.5 Å². The van der Waals surface area contributed by atoms with Gasteiger partial charge in [0, 0.05) is 113 Å². The summed E-state index contributed by atoms with van der Waals surface area (Å²) in [6.45, 7) is 0. The van der Waals surface area contributed by atoms with Crippen LogP contribution in [0.25, 0.3) is 0 Å². The topological polar surface area (TPSA) is 423 Å². The smallest absolute Gasteiger partial charge is 0.124 e. The number of phenolic OH excluding ortho intramolecular Hbond substituents is 8. The molecule has 28 heteroatoms. The minimum atomic E-state index is 0. The summed E-state index contributed by atoms with van der Waals surface area (Å²) in [6, 6.07) is 52.9. The number of aromatic hydroxyl groups is 8. The molecule has 0 atom stereocenters. The van der Waals surface area contributed by atoms with Crippen LogP contribution in [-0.4, -0.2) is 132 Å².